The van der Waals surface area contributed by atoms with Crippen LogP contribution in [0, 0.1) is 0 Å². The van der Waals surface area contributed by atoms with Crippen LogP contribution in [0.1, 0.15) is 11.7 Å². The van der Waals surface area contributed by atoms with E-state index < -0.39 is 24.0 Å². The molecule has 2 aliphatic heterocycles. The fraction of sp³-hybridized carbons (Fsp3) is 0.308. The van der Waals surface area contributed by atoms with Gasteiger partial charge in [-0.05, 0) is 11.6 Å². The maximum Gasteiger partial charge on any atom is 0.333 e. The molecular weight excluding hydrogens is 347 g/mol. The molecule has 3 rings (SSSR count). The maximum atomic E-state index is 11.2. The molecule has 1 aromatic carbocycles. The van der Waals surface area contributed by atoms with Crippen LogP contribution >= 0.6 is 22.6 Å². The molecule has 0 radical (unpaired) electrons. The van der Waals surface area contributed by atoms with Gasteiger partial charge in [0, 0.05) is 6.08 Å². The highest BCUT2D eigenvalue weighted by Gasteiger charge is 2.57. The van der Waals surface area contributed by atoms with Crippen molar-refractivity contribution in [2.45, 2.75) is 21.9 Å². The number of hydrogen-bond donors (Lipinski definition) is 1. The predicted molar refractivity (Wildman–Crippen MR) is 72.0 cm³/mol. The Bertz CT molecular complexity index is 501. The molecule has 0 amide bonds. The number of alkyl halides is 1. The van der Waals surface area contributed by atoms with Gasteiger partial charge in [0.1, 0.15) is 16.1 Å². The van der Waals surface area contributed by atoms with E-state index >= 15 is 0 Å². The molecule has 5 heteroatoms. The van der Waals surface area contributed by atoms with Crippen molar-refractivity contribution in [2.75, 3.05) is 0 Å². The molecular formula is C13H11IO4. The van der Waals surface area contributed by atoms with Crippen LogP contribution in [0.25, 0.3) is 0 Å². The lowest BCUT2D eigenvalue weighted by molar-refractivity contribution is -0.190. The molecule has 2 aliphatic rings. The summed E-state index contributed by atoms with van der Waals surface area (Å²) in [6.45, 7) is 0. The number of esters is 1. The van der Waals surface area contributed by atoms with Crippen LogP contribution in [0.15, 0.2) is 42.5 Å². The molecule has 4 atom stereocenters. The van der Waals surface area contributed by atoms with Gasteiger partial charge in [-0.1, -0.05) is 52.9 Å². The number of ether oxygens (including phenoxy) is 2. The van der Waals surface area contributed by atoms with E-state index in [2.05, 4.69) is 22.6 Å². The van der Waals surface area contributed by atoms with Crippen LogP contribution in [0.2, 0.25) is 0 Å². The summed E-state index contributed by atoms with van der Waals surface area (Å²) < 4.78 is 10.7. The van der Waals surface area contributed by atoms with Gasteiger partial charge >= 0.3 is 5.97 Å². The highest BCUT2D eigenvalue weighted by molar-refractivity contribution is 14.1. The van der Waals surface area contributed by atoms with Crippen molar-refractivity contribution in [3.8, 4) is 0 Å². The van der Waals surface area contributed by atoms with Gasteiger partial charge in [0.2, 0.25) is 5.79 Å². The maximum absolute atomic E-state index is 11.2. The van der Waals surface area contributed by atoms with Crippen LogP contribution in [0.5, 0.6) is 0 Å². The molecule has 94 valence electrons. The van der Waals surface area contributed by atoms with E-state index in [1.165, 1.54) is 6.08 Å². The highest BCUT2D eigenvalue weighted by Crippen LogP contribution is 2.47. The summed E-state index contributed by atoms with van der Waals surface area (Å²) in [6, 6.07) is 9.44. The Morgan fingerprint density at radius 3 is 2.61 bits per heavy atom. The van der Waals surface area contributed by atoms with Crippen LogP contribution in [0.3, 0.4) is 0 Å². The lowest BCUT2D eigenvalue weighted by atomic mass is 10.0. The average molecular weight is 358 g/mol. The molecule has 2 heterocycles. The first-order chi connectivity index (χ1) is 8.62. The Hall–Kier alpha value is -0.920. The van der Waals surface area contributed by atoms with Gasteiger partial charge in [-0.3, -0.25) is 0 Å². The fourth-order valence-electron chi connectivity index (χ4n) is 2.25. The van der Waals surface area contributed by atoms with Gasteiger partial charge in [-0.25, -0.2) is 4.79 Å². The molecule has 0 saturated carbocycles. The van der Waals surface area contributed by atoms with Crippen LogP contribution in [-0.2, 0) is 14.3 Å². The van der Waals surface area contributed by atoms with E-state index in [0.29, 0.717) is 0 Å². The van der Waals surface area contributed by atoms with Crippen molar-refractivity contribution >= 4 is 28.6 Å². The lowest BCUT2D eigenvalue weighted by Gasteiger charge is -2.23. The first kappa shape index (κ1) is 12.1. The Morgan fingerprint density at radius 2 is 2.00 bits per heavy atom. The highest BCUT2D eigenvalue weighted by atomic mass is 127. The third-order valence-corrected chi connectivity index (χ3v) is 4.75. The van der Waals surface area contributed by atoms with Gasteiger partial charge < -0.3 is 14.6 Å². The van der Waals surface area contributed by atoms with Crippen molar-refractivity contribution in [1.82, 2.24) is 0 Å². The van der Waals surface area contributed by atoms with Crippen molar-refractivity contribution in [2.24, 2.45) is 0 Å². The van der Waals surface area contributed by atoms with Gasteiger partial charge in [0.25, 0.3) is 0 Å². The van der Waals surface area contributed by atoms with Crippen LogP contribution < -0.4 is 0 Å². The zero-order chi connectivity index (χ0) is 12.8. The second-order valence-electron chi connectivity index (χ2n) is 4.32. The van der Waals surface area contributed by atoms with Gasteiger partial charge in [-0.2, -0.15) is 0 Å². The van der Waals surface area contributed by atoms with Crippen molar-refractivity contribution in [3.63, 3.8) is 0 Å². The first-order valence-electron chi connectivity index (χ1n) is 5.59. The molecule has 1 fully saturated rings. The molecule has 0 unspecified atom stereocenters. The molecule has 0 bridgehead atoms. The number of benzene rings is 1. The first-order valence-corrected chi connectivity index (χ1v) is 6.84. The minimum absolute atomic E-state index is 0.331. The van der Waals surface area contributed by atoms with Crippen molar-refractivity contribution < 1.29 is 19.4 Å². The molecule has 0 aliphatic carbocycles. The molecule has 18 heavy (non-hydrogen) atoms. The largest absolute Gasteiger partial charge is 0.425 e. The van der Waals surface area contributed by atoms with Gasteiger partial charge in [0.15, 0.2) is 0 Å². The van der Waals surface area contributed by atoms with E-state index in [1.807, 2.05) is 30.3 Å². The summed E-state index contributed by atoms with van der Waals surface area (Å²) in [5.41, 5.74) is 0.875. The van der Waals surface area contributed by atoms with Crippen molar-refractivity contribution in [3.05, 3.63) is 48.0 Å². The number of carbonyl (C=O) groups is 1. The number of rotatable bonds is 1. The molecule has 1 spiro atoms. The Kier molecular flexibility index (Phi) is 2.91. The van der Waals surface area contributed by atoms with E-state index in [4.69, 9.17) is 9.47 Å². The smallest absolute Gasteiger partial charge is 0.333 e. The monoisotopic (exact) mass is 358 g/mol. The third kappa shape index (κ3) is 1.77. The molecule has 4 nitrogen and oxygen atoms in total. The Balaban J connectivity index is 1.93. The third-order valence-electron chi connectivity index (χ3n) is 3.15. The van der Waals surface area contributed by atoms with Gasteiger partial charge in [-0.15, -0.1) is 0 Å². The minimum atomic E-state index is -1.13. The van der Waals surface area contributed by atoms with Crippen LogP contribution in [0.4, 0.5) is 0 Å². The standard InChI is InChI=1S/C13H11IO4/c14-12-10(16)11(8-4-2-1-3-5-8)18-13(12)7-6-9(15)17-13/h1-7,10-12,16H/t10-,11+,12-,13-/m1/s1. The number of aliphatic hydroxyl groups is 1. The Morgan fingerprint density at radius 1 is 1.28 bits per heavy atom. The van der Waals surface area contributed by atoms with E-state index in [9.17, 15) is 9.90 Å². The van der Waals surface area contributed by atoms with E-state index in [1.54, 1.807) is 6.08 Å². The number of carbonyl (C=O) groups excluding carboxylic acids is 1. The predicted octanol–water partition coefficient (Wildman–Crippen LogP) is 1.73. The summed E-state index contributed by atoms with van der Waals surface area (Å²) in [4.78, 5) is 11.2. The fourth-order valence-corrected chi connectivity index (χ4v) is 3.11. The zero-order valence-corrected chi connectivity index (χ0v) is 11.5. The summed E-state index contributed by atoms with van der Waals surface area (Å²) in [6.07, 6.45) is 1.72. The SMILES string of the molecule is O=C1C=C[C@@]2(O1)O[C@@H](c1ccccc1)[C@@H](O)[C@H]2I. The quantitative estimate of drug-likeness (QED) is 0.472. The summed E-state index contributed by atoms with van der Waals surface area (Å²) in [7, 11) is 0. The number of halogens is 1. The summed E-state index contributed by atoms with van der Waals surface area (Å²) >= 11 is 2.06. The molecule has 1 saturated heterocycles. The molecule has 1 N–H and O–H groups in total. The normalized spacial score (nSPS) is 38.3. The molecule has 0 aromatic heterocycles. The summed E-state index contributed by atoms with van der Waals surface area (Å²) in [5.74, 6) is -1.56. The number of hydrogen-bond acceptors (Lipinski definition) is 4. The Labute approximate surface area is 118 Å². The average Bonchev–Trinajstić information content (AvgIpc) is 2.88. The zero-order valence-electron chi connectivity index (χ0n) is 9.32. The van der Waals surface area contributed by atoms with Gasteiger partial charge in [0.05, 0.1) is 0 Å². The topological polar surface area (TPSA) is 55.8 Å². The summed E-state index contributed by atoms with van der Waals surface area (Å²) in [5, 5.41) is 10.3. The molecule has 1 aromatic rings. The second kappa shape index (κ2) is 4.32. The van der Waals surface area contributed by atoms with E-state index in [-0.39, 0.29) is 3.92 Å². The van der Waals surface area contributed by atoms with E-state index in [0.717, 1.165) is 5.56 Å². The minimum Gasteiger partial charge on any atom is -0.425 e. The van der Waals surface area contributed by atoms with Crippen LogP contribution in [-0.4, -0.2) is 26.9 Å². The lowest BCUT2D eigenvalue weighted by Crippen LogP contribution is -2.38. The number of aliphatic hydroxyl groups excluding tert-OH is 1. The second-order valence-corrected chi connectivity index (χ2v) is 5.66. The van der Waals surface area contributed by atoms with Crippen molar-refractivity contribution in [1.29, 1.82) is 0 Å².